The van der Waals surface area contributed by atoms with E-state index in [-0.39, 0.29) is 11.8 Å². The number of benzene rings is 3. The molecule has 0 aliphatic carbocycles. The number of aryl methyl sites for hydroxylation is 1. The maximum atomic E-state index is 13.0. The zero-order valence-electron chi connectivity index (χ0n) is 24.9. The summed E-state index contributed by atoms with van der Waals surface area (Å²) in [5.41, 5.74) is 4.62. The third-order valence-electron chi connectivity index (χ3n) is 7.83. The molecule has 43 heavy (non-hydrogen) atoms. The minimum absolute atomic E-state index is 0.0694. The molecule has 10 heteroatoms. The minimum Gasteiger partial charge on any atom is -0.494 e. The van der Waals surface area contributed by atoms with Gasteiger partial charge in [0.05, 0.1) is 36.2 Å². The van der Waals surface area contributed by atoms with Crippen LogP contribution in [-0.4, -0.2) is 91.1 Å². The fourth-order valence-electron chi connectivity index (χ4n) is 5.39. The number of aromatic nitrogens is 1. The van der Waals surface area contributed by atoms with Crippen LogP contribution in [0.5, 0.6) is 5.88 Å². The zero-order valence-corrected chi connectivity index (χ0v) is 24.9. The van der Waals surface area contributed by atoms with E-state index in [2.05, 4.69) is 15.2 Å². The van der Waals surface area contributed by atoms with Crippen molar-refractivity contribution < 1.29 is 24.3 Å². The molecular weight excluding hydrogens is 546 g/mol. The van der Waals surface area contributed by atoms with E-state index in [1.807, 2.05) is 50.4 Å². The third-order valence-corrected chi connectivity index (χ3v) is 7.83. The van der Waals surface area contributed by atoms with Crippen molar-refractivity contribution in [2.75, 3.05) is 47.4 Å². The number of carbonyl (C=O) groups excluding carboxylic acids is 2. The van der Waals surface area contributed by atoms with E-state index in [1.165, 1.54) is 12.2 Å². The van der Waals surface area contributed by atoms with Gasteiger partial charge in [0.25, 0.3) is 5.91 Å². The van der Waals surface area contributed by atoms with Crippen LogP contribution in [0.2, 0.25) is 0 Å². The standard InChI is InChI=1S/C33H37N5O5/c1-21-18-27-28(19-26(21)33(41)42-4)36-31(39)29(27)30(22-8-6-5-7-9-22)35-24-12-10-23(11-13-24)32(40)37(3)43-17-16-38-15-14-25(20-38)34-2/h5-13,18-19,25,34,36,39H,14-17,20H2,1-4H3. The summed E-state index contributed by atoms with van der Waals surface area (Å²) in [5.74, 6) is -0.772. The Labute approximate surface area is 250 Å². The van der Waals surface area contributed by atoms with Gasteiger partial charge in [-0.25, -0.2) is 14.9 Å². The summed E-state index contributed by atoms with van der Waals surface area (Å²) in [6.07, 6.45) is 1.11. The number of nitrogens with zero attached hydrogens (tertiary/aromatic N) is 3. The number of methoxy groups -OCH3 is 1. The first-order valence-corrected chi connectivity index (χ1v) is 14.3. The molecule has 3 aromatic carbocycles. The second kappa shape index (κ2) is 13.2. The van der Waals surface area contributed by atoms with Crippen molar-refractivity contribution in [1.29, 1.82) is 0 Å². The largest absolute Gasteiger partial charge is 0.494 e. The first-order chi connectivity index (χ1) is 20.8. The number of carbonyl (C=O) groups is 2. The van der Waals surface area contributed by atoms with E-state index < -0.39 is 5.97 Å². The number of likely N-dealkylation sites (tertiary alicyclic amines) is 1. The summed E-state index contributed by atoms with van der Waals surface area (Å²) in [6.45, 7) is 5.01. The fourth-order valence-corrected chi connectivity index (χ4v) is 5.39. The number of rotatable bonds is 10. The number of ether oxygens (including phenoxy) is 1. The molecule has 10 nitrogen and oxygen atoms in total. The average Bonchev–Trinajstić information content (AvgIpc) is 3.62. The second-order valence-electron chi connectivity index (χ2n) is 10.6. The molecule has 224 valence electrons. The van der Waals surface area contributed by atoms with Gasteiger partial charge < -0.3 is 20.1 Å². The summed E-state index contributed by atoms with van der Waals surface area (Å²) in [4.78, 5) is 41.2. The number of H-pyrrole nitrogens is 1. The lowest BCUT2D eigenvalue weighted by molar-refractivity contribution is -0.109. The molecule has 0 bridgehead atoms. The number of hydrogen-bond acceptors (Lipinski definition) is 8. The molecule has 5 rings (SSSR count). The SMILES string of the molecule is CNC1CCN(CCON(C)C(=O)c2ccc(N=C(c3ccccc3)c3c(O)[nH]c4cc(C(=O)OC)c(C)cc34)cc2)C1. The predicted molar refractivity (Wildman–Crippen MR) is 166 cm³/mol. The highest BCUT2D eigenvalue weighted by Gasteiger charge is 2.23. The Kier molecular flexibility index (Phi) is 9.20. The number of esters is 1. The number of aliphatic imine (C=N–C) groups is 1. The van der Waals surface area contributed by atoms with E-state index in [0.717, 1.165) is 31.6 Å². The molecule has 0 spiro atoms. The molecule has 1 aromatic heterocycles. The van der Waals surface area contributed by atoms with Gasteiger partial charge in [-0.1, -0.05) is 30.3 Å². The van der Waals surface area contributed by atoms with Crippen LogP contribution in [0.15, 0.2) is 71.7 Å². The van der Waals surface area contributed by atoms with Gasteiger partial charge in [0, 0.05) is 48.2 Å². The van der Waals surface area contributed by atoms with Crippen LogP contribution in [-0.2, 0) is 9.57 Å². The smallest absolute Gasteiger partial charge is 0.338 e. The molecule has 1 amide bonds. The number of hydrogen-bond donors (Lipinski definition) is 3. The molecular formula is C33H37N5O5. The Bertz CT molecular complexity index is 1630. The van der Waals surface area contributed by atoms with Gasteiger partial charge in [-0.05, 0) is 68.9 Å². The van der Waals surface area contributed by atoms with E-state index >= 15 is 0 Å². The van der Waals surface area contributed by atoms with Crippen LogP contribution in [0.4, 0.5) is 5.69 Å². The van der Waals surface area contributed by atoms with Gasteiger partial charge in [0.1, 0.15) is 0 Å². The van der Waals surface area contributed by atoms with Crippen molar-refractivity contribution in [3.05, 3.63) is 94.5 Å². The molecule has 0 saturated carbocycles. The van der Waals surface area contributed by atoms with Gasteiger partial charge in [0.15, 0.2) is 5.88 Å². The number of aromatic hydroxyl groups is 1. The van der Waals surface area contributed by atoms with Crippen molar-refractivity contribution in [3.8, 4) is 5.88 Å². The Morgan fingerprint density at radius 1 is 1.12 bits per heavy atom. The molecule has 4 aromatic rings. The summed E-state index contributed by atoms with van der Waals surface area (Å²) in [7, 11) is 4.94. The maximum Gasteiger partial charge on any atom is 0.338 e. The number of amides is 1. The molecule has 0 radical (unpaired) electrons. The molecule has 2 heterocycles. The quantitative estimate of drug-likeness (QED) is 0.144. The Morgan fingerprint density at radius 3 is 2.53 bits per heavy atom. The Balaban J connectivity index is 1.38. The van der Waals surface area contributed by atoms with Gasteiger partial charge in [0.2, 0.25) is 0 Å². The molecule has 1 saturated heterocycles. The van der Waals surface area contributed by atoms with Crippen LogP contribution in [0.25, 0.3) is 10.9 Å². The highest BCUT2D eigenvalue weighted by atomic mass is 16.7. The lowest BCUT2D eigenvalue weighted by Crippen LogP contribution is -2.34. The zero-order chi connectivity index (χ0) is 30.5. The van der Waals surface area contributed by atoms with Gasteiger partial charge in [-0.15, -0.1) is 0 Å². The van der Waals surface area contributed by atoms with Crippen LogP contribution < -0.4 is 5.32 Å². The van der Waals surface area contributed by atoms with E-state index in [4.69, 9.17) is 14.6 Å². The van der Waals surface area contributed by atoms with E-state index in [9.17, 15) is 14.7 Å². The van der Waals surface area contributed by atoms with Gasteiger partial charge in [-0.3, -0.25) is 14.5 Å². The normalized spacial score (nSPS) is 15.6. The number of likely N-dealkylation sites (N-methyl/N-ethyl adjacent to an activating group) is 1. The van der Waals surface area contributed by atoms with Crippen molar-refractivity contribution >= 4 is 34.2 Å². The Hall–Kier alpha value is -4.51. The summed E-state index contributed by atoms with van der Waals surface area (Å²) >= 11 is 0. The second-order valence-corrected chi connectivity index (χ2v) is 10.6. The van der Waals surface area contributed by atoms with Crippen molar-refractivity contribution in [3.63, 3.8) is 0 Å². The van der Waals surface area contributed by atoms with Crippen molar-refractivity contribution in [2.45, 2.75) is 19.4 Å². The topological polar surface area (TPSA) is 119 Å². The van der Waals surface area contributed by atoms with Crippen molar-refractivity contribution in [2.24, 2.45) is 4.99 Å². The number of fused-ring (bicyclic) bond motifs is 1. The predicted octanol–water partition coefficient (Wildman–Crippen LogP) is 4.43. The van der Waals surface area contributed by atoms with Gasteiger partial charge in [-0.2, -0.15) is 0 Å². The number of aromatic amines is 1. The summed E-state index contributed by atoms with van der Waals surface area (Å²) < 4.78 is 4.91. The lowest BCUT2D eigenvalue weighted by atomic mass is 9.98. The first kappa shape index (κ1) is 30.0. The molecule has 1 aliphatic rings. The highest BCUT2D eigenvalue weighted by molar-refractivity contribution is 6.22. The Morgan fingerprint density at radius 2 is 1.86 bits per heavy atom. The fraction of sp³-hybridized carbons (Fsp3) is 0.303. The summed E-state index contributed by atoms with van der Waals surface area (Å²) in [5, 5.41) is 16.3. The average molecular weight is 584 g/mol. The highest BCUT2D eigenvalue weighted by Crippen LogP contribution is 2.33. The molecule has 1 fully saturated rings. The van der Waals surface area contributed by atoms with Crippen LogP contribution >= 0.6 is 0 Å². The number of hydroxylamine groups is 2. The third kappa shape index (κ3) is 6.61. The van der Waals surface area contributed by atoms with Crippen molar-refractivity contribution in [1.82, 2.24) is 20.3 Å². The maximum absolute atomic E-state index is 13.0. The van der Waals surface area contributed by atoms with Crippen LogP contribution in [0, 0.1) is 6.92 Å². The van der Waals surface area contributed by atoms with Crippen LogP contribution in [0.1, 0.15) is 43.8 Å². The molecule has 1 atom stereocenters. The van der Waals surface area contributed by atoms with E-state index in [1.54, 1.807) is 37.4 Å². The lowest BCUT2D eigenvalue weighted by Gasteiger charge is -2.20. The first-order valence-electron chi connectivity index (χ1n) is 14.3. The molecule has 3 N–H and O–H groups in total. The number of nitrogens with one attached hydrogen (secondary N) is 2. The van der Waals surface area contributed by atoms with E-state index in [0.29, 0.717) is 57.2 Å². The molecule has 1 unspecified atom stereocenters. The summed E-state index contributed by atoms with van der Waals surface area (Å²) in [6, 6.07) is 20.5. The monoisotopic (exact) mass is 583 g/mol. The molecule has 1 aliphatic heterocycles. The van der Waals surface area contributed by atoms with Gasteiger partial charge >= 0.3 is 5.97 Å². The van der Waals surface area contributed by atoms with Crippen LogP contribution in [0.3, 0.4) is 0 Å². The minimum atomic E-state index is -0.452.